The number of thiazole rings is 1. The van der Waals surface area contributed by atoms with Crippen LogP contribution in [-0.4, -0.2) is 15.3 Å². The summed E-state index contributed by atoms with van der Waals surface area (Å²) in [6.07, 6.45) is 4.07. The van der Waals surface area contributed by atoms with Gasteiger partial charge < -0.3 is 5.32 Å². The van der Waals surface area contributed by atoms with Gasteiger partial charge in [0.1, 0.15) is 0 Å². The van der Waals surface area contributed by atoms with E-state index >= 15 is 0 Å². The van der Waals surface area contributed by atoms with Gasteiger partial charge in [0.25, 0.3) is 5.91 Å². The number of carbonyl (C=O) groups is 1. The van der Waals surface area contributed by atoms with Crippen molar-refractivity contribution in [2.45, 2.75) is 6.92 Å². The number of halogens is 1. The van der Waals surface area contributed by atoms with E-state index in [1.54, 1.807) is 17.4 Å². The number of carbonyl (C=O) groups excluding carboxylic acids is 1. The molecule has 0 aliphatic carbocycles. The zero-order valence-corrected chi connectivity index (χ0v) is 15.8. The van der Waals surface area contributed by atoms with Gasteiger partial charge in [-0.05, 0) is 47.1 Å². The monoisotopic (exact) mass is 411 g/mol. The molecule has 124 valence electrons. The maximum absolute atomic E-state index is 12.5. The second kappa shape index (κ2) is 6.46. The Morgan fingerprint density at radius 2 is 2.00 bits per heavy atom. The van der Waals surface area contributed by atoms with Crippen LogP contribution in [0.4, 0.5) is 5.69 Å². The number of imidazole rings is 1. The van der Waals surface area contributed by atoms with Gasteiger partial charge in [-0.25, -0.2) is 4.98 Å². The maximum atomic E-state index is 12.5. The molecule has 4 aromatic rings. The molecular weight excluding hydrogens is 398 g/mol. The first-order valence-electron chi connectivity index (χ1n) is 7.71. The minimum atomic E-state index is -0.147. The van der Waals surface area contributed by atoms with E-state index < -0.39 is 0 Å². The van der Waals surface area contributed by atoms with Gasteiger partial charge in [0.05, 0.1) is 11.3 Å². The fraction of sp³-hybridized carbons (Fsp3) is 0.0526. The number of anilines is 1. The van der Waals surface area contributed by atoms with Crippen LogP contribution in [0.25, 0.3) is 16.2 Å². The van der Waals surface area contributed by atoms with Crippen LogP contribution in [0.3, 0.4) is 0 Å². The summed E-state index contributed by atoms with van der Waals surface area (Å²) in [5.41, 5.74) is 3.21. The van der Waals surface area contributed by atoms with E-state index in [4.69, 9.17) is 0 Å². The van der Waals surface area contributed by atoms with Crippen LogP contribution in [0.1, 0.15) is 15.2 Å². The van der Waals surface area contributed by atoms with Crippen LogP contribution < -0.4 is 5.32 Å². The van der Waals surface area contributed by atoms with Gasteiger partial charge in [0.2, 0.25) is 0 Å². The Bertz CT molecular complexity index is 1050. The Kier molecular flexibility index (Phi) is 4.15. The van der Waals surface area contributed by atoms with Crippen LogP contribution >= 0.6 is 27.3 Å². The van der Waals surface area contributed by atoms with E-state index in [9.17, 15) is 4.79 Å². The molecule has 0 aliphatic rings. The number of hydrogen-bond donors (Lipinski definition) is 1. The second-order valence-electron chi connectivity index (χ2n) is 5.67. The average Bonchev–Trinajstić information content (AvgIpc) is 3.13. The highest BCUT2D eigenvalue weighted by Gasteiger charge is 2.11. The van der Waals surface area contributed by atoms with E-state index in [0.29, 0.717) is 5.56 Å². The third-order valence-corrected chi connectivity index (χ3v) is 5.41. The van der Waals surface area contributed by atoms with Crippen LogP contribution in [0.5, 0.6) is 0 Å². The lowest BCUT2D eigenvalue weighted by atomic mass is 10.1. The van der Waals surface area contributed by atoms with E-state index in [0.717, 1.165) is 26.4 Å². The van der Waals surface area contributed by atoms with Crippen LogP contribution in [-0.2, 0) is 0 Å². The molecular formula is C19H14BrN3OS. The molecule has 4 rings (SSSR count). The van der Waals surface area contributed by atoms with Gasteiger partial charge in [-0.2, -0.15) is 0 Å². The van der Waals surface area contributed by atoms with E-state index in [1.807, 2.05) is 53.1 Å². The Morgan fingerprint density at radius 1 is 1.16 bits per heavy atom. The first kappa shape index (κ1) is 16.1. The number of nitrogens with zero attached hydrogens (tertiary/aromatic N) is 2. The molecule has 2 aromatic heterocycles. The van der Waals surface area contributed by atoms with Crippen molar-refractivity contribution in [2.75, 3.05) is 5.32 Å². The van der Waals surface area contributed by atoms with Crippen molar-refractivity contribution in [3.05, 3.63) is 75.8 Å². The maximum Gasteiger partial charge on any atom is 0.256 e. The zero-order chi connectivity index (χ0) is 17.4. The fourth-order valence-corrected chi connectivity index (χ4v) is 3.92. The summed E-state index contributed by atoms with van der Waals surface area (Å²) in [7, 11) is 0. The molecule has 0 saturated heterocycles. The first-order chi connectivity index (χ1) is 12.1. The molecule has 0 fully saturated rings. The number of hydrogen-bond acceptors (Lipinski definition) is 3. The molecule has 1 amide bonds. The van der Waals surface area contributed by atoms with Crippen LogP contribution in [0, 0.1) is 6.92 Å². The van der Waals surface area contributed by atoms with Gasteiger partial charge >= 0.3 is 0 Å². The number of aryl methyl sites for hydroxylation is 1. The van der Waals surface area contributed by atoms with E-state index in [-0.39, 0.29) is 5.91 Å². The molecule has 2 heterocycles. The summed E-state index contributed by atoms with van der Waals surface area (Å²) < 4.78 is 2.80. The highest BCUT2D eigenvalue weighted by atomic mass is 79.9. The molecule has 0 saturated carbocycles. The van der Waals surface area contributed by atoms with Crippen LogP contribution in [0.15, 0.2) is 65.4 Å². The number of aromatic nitrogens is 2. The molecule has 0 aliphatic heterocycles. The fourth-order valence-electron chi connectivity index (χ4n) is 2.65. The average molecular weight is 412 g/mol. The van der Waals surface area contributed by atoms with E-state index in [2.05, 4.69) is 39.4 Å². The Balaban J connectivity index is 1.62. The second-order valence-corrected chi connectivity index (χ2v) is 7.74. The Labute approximate surface area is 157 Å². The van der Waals surface area contributed by atoms with Crippen molar-refractivity contribution in [2.24, 2.45) is 0 Å². The van der Waals surface area contributed by atoms with E-state index in [1.165, 1.54) is 4.88 Å². The normalized spacial score (nSPS) is 11.0. The smallest absolute Gasteiger partial charge is 0.256 e. The van der Waals surface area contributed by atoms with Gasteiger partial charge in [-0.1, -0.05) is 24.3 Å². The van der Waals surface area contributed by atoms with Gasteiger partial charge in [-0.3, -0.25) is 9.20 Å². The topological polar surface area (TPSA) is 46.4 Å². The SMILES string of the molecule is Cc1cn2cc(-c3cccc(NC(=O)c4ccccc4Br)c3)nc2s1. The van der Waals surface area contributed by atoms with Crippen molar-refractivity contribution in [1.82, 2.24) is 9.38 Å². The molecule has 0 unspecified atom stereocenters. The molecule has 1 N–H and O–H groups in total. The lowest BCUT2D eigenvalue weighted by Gasteiger charge is -2.08. The minimum absolute atomic E-state index is 0.147. The molecule has 2 aromatic carbocycles. The van der Waals surface area contributed by atoms with Crippen molar-refractivity contribution in [3.63, 3.8) is 0 Å². The number of nitrogens with one attached hydrogen (secondary N) is 1. The molecule has 25 heavy (non-hydrogen) atoms. The van der Waals surface area contributed by atoms with Gasteiger partial charge in [0.15, 0.2) is 4.96 Å². The van der Waals surface area contributed by atoms with Gasteiger partial charge in [0, 0.05) is 33.0 Å². The largest absolute Gasteiger partial charge is 0.322 e. The standard InChI is InChI=1S/C19H14BrN3OS/c1-12-10-23-11-17(22-19(23)25-12)13-5-4-6-14(9-13)21-18(24)15-7-2-3-8-16(15)20/h2-11H,1H3,(H,21,24). The summed E-state index contributed by atoms with van der Waals surface area (Å²) in [6.45, 7) is 2.07. The predicted octanol–water partition coefficient (Wildman–Crippen LogP) is 5.39. The Hall–Kier alpha value is -2.44. The Morgan fingerprint density at radius 3 is 2.80 bits per heavy atom. The summed E-state index contributed by atoms with van der Waals surface area (Å²) in [4.78, 5) is 19.3. The molecule has 0 bridgehead atoms. The summed E-state index contributed by atoms with van der Waals surface area (Å²) in [6, 6.07) is 15.1. The number of amides is 1. The van der Waals surface area contributed by atoms with Crippen molar-refractivity contribution < 1.29 is 4.79 Å². The lowest BCUT2D eigenvalue weighted by Crippen LogP contribution is -2.12. The summed E-state index contributed by atoms with van der Waals surface area (Å²) in [5, 5.41) is 2.94. The van der Waals surface area contributed by atoms with Crippen molar-refractivity contribution in [1.29, 1.82) is 0 Å². The number of benzene rings is 2. The van der Waals surface area contributed by atoms with Crippen molar-refractivity contribution >= 4 is 43.8 Å². The lowest BCUT2D eigenvalue weighted by molar-refractivity contribution is 0.102. The molecule has 0 atom stereocenters. The highest BCUT2D eigenvalue weighted by Crippen LogP contribution is 2.26. The summed E-state index contributed by atoms with van der Waals surface area (Å²) in [5.74, 6) is -0.147. The molecule has 6 heteroatoms. The number of fused-ring (bicyclic) bond motifs is 1. The quantitative estimate of drug-likeness (QED) is 0.491. The third kappa shape index (κ3) is 3.23. The third-order valence-electron chi connectivity index (χ3n) is 3.81. The minimum Gasteiger partial charge on any atom is -0.322 e. The first-order valence-corrected chi connectivity index (χ1v) is 9.32. The predicted molar refractivity (Wildman–Crippen MR) is 105 cm³/mol. The highest BCUT2D eigenvalue weighted by molar-refractivity contribution is 9.10. The molecule has 0 radical (unpaired) electrons. The number of rotatable bonds is 3. The van der Waals surface area contributed by atoms with Gasteiger partial charge in [-0.15, -0.1) is 11.3 Å². The zero-order valence-electron chi connectivity index (χ0n) is 13.4. The van der Waals surface area contributed by atoms with Crippen LogP contribution in [0.2, 0.25) is 0 Å². The molecule has 4 nitrogen and oxygen atoms in total. The molecule has 0 spiro atoms. The summed E-state index contributed by atoms with van der Waals surface area (Å²) >= 11 is 5.07. The van der Waals surface area contributed by atoms with Crippen molar-refractivity contribution in [3.8, 4) is 11.3 Å².